The second-order valence-corrected chi connectivity index (χ2v) is 13.7. The van der Waals surface area contributed by atoms with Crippen LogP contribution in [0.2, 0.25) is 0 Å². The Bertz CT molecular complexity index is 3070. The molecule has 1 aliphatic heterocycles. The number of rotatable bonds is 2. The van der Waals surface area contributed by atoms with Crippen LogP contribution in [0.1, 0.15) is 22.3 Å². The molecule has 1 aliphatic carbocycles. The van der Waals surface area contributed by atoms with E-state index in [1.165, 1.54) is 22.3 Å². The first-order valence-corrected chi connectivity index (χ1v) is 17.6. The van der Waals surface area contributed by atoms with E-state index in [0.29, 0.717) is 11.5 Å². The number of para-hydroxylation sites is 3. The molecule has 7 aromatic carbocycles. The number of nitrogens with zero attached hydrogens (tertiary/aromatic N) is 3. The molecule has 52 heavy (non-hydrogen) atoms. The van der Waals surface area contributed by atoms with Crippen LogP contribution in [-0.2, 0) is 5.41 Å². The second-order valence-electron chi connectivity index (χ2n) is 13.7. The molecule has 12 rings (SSSR count). The van der Waals surface area contributed by atoms with Crippen molar-refractivity contribution in [3.63, 3.8) is 0 Å². The predicted molar refractivity (Wildman–Crippen MR) is 206 cm³/mol. The van der Waals surface area contributed by atoms with E-state index >= 15 is 0 Å². The Morgan fingerprint density at radius 2 is 1.13 bits per heavy atom. The molecule has 0 fully saturated rings. The Labute approximate surface area is 298 Å². The lowest BCUT2D eigenvalue weighted by molar-refractivity contribution is 0.437. The van der Waals surface area contributed by atoms with E-state index in [-0.39, 0.29) is 0 Å². The molecule has 0 saturated carbocycles. The van der Waals surface area contributed by atoms with Gasteiger partial charge >= 0.3 is 0 Å². The van der Waals surface area contributed by atoms with Crippen LogP contribution in [0.3, 0.4) is 0 Å². The minimum Gasteiger partial charge on any atom is -0.457 e. The molecular formula is C47H27N3O2. The number of hydrogen-bond donors (Lipinski definition) is 0. The van der Waals surface area contributed by atoms with Crippen LogP contribution in [0.15, 0.2) is 168 Å². The third-order valence-electron chi connectivity index (χ3n) is 11.1. The predicted octanol–water partition coefficient (Wildman–Crippen LogP) is 11.6. The number of furan rings is 1. The van der Waals surface area contributed by atoms with E-state index in [1.54, 1.807) is 0 Å². The average Bonchev–Trinajstić information content (AvgIpc) is 3.84. The number of hydrogen-bond acceptors (Lipinski definition) is 4. The summed E-state index contributed by atoms with van der Waals surface area (Å²) in [5.74, 6) is 2.25. The van der Waals surface area contributed by atoms with Gasteiger partial charge in [-0.25, -0.2) is 9.97 Å². The summed E-state index contributed by atoms with van der Waals surface area (Å²) in [5, 5.41) is 3.19. The van der Waals surface area contributed by atoms with Crippen LogP contribution in [0.5, 0.6) is 11.5 Å². The number of aromatic nitrogens is 3. The molecule has 0 bridgehead atoms. The van der Waals surface area contributed by atoms with Gasteiger partial charge in [0, 0.05) is 38.9 Å². The number of ether oxygens (including phenoxy) is 1. The maximum absolute atomic E-state index is 6.93. The largest absolute Gasteiger partial charge is 0.457 e. The van der Waals surface area contributed by atoms with Crippen LogP contribution in [0.25, 0.3) is 72.2 Å². The van der Waals surface area contributed by atoms with Crippen molar-refractivity contribution in [1.82, 2.24) is 14.5 Å². The zero-order valence-electron chi connectivity index (χ0n) is 27.7. The molecule has 10 aromatic rings. The molecular weight excluding hydrogens is 639 g/mol. The van der Waals surface area contributed by atoms with Crippen LogP contribution < -0.4 is 4.74 Å². The third-order valence-corrected chi connectivity index (χ3v) is 11.1. The van der Waals surface area contributed by atoms with Crippen LogP contribution in [0, 0.1) is 0 Å². The lowest BCUT2D eigenvalue weighted by Crippen LogP contribution is -2.32. The fourth-order valence-electron chi connectivity index (χ4n) is 9.00. The Morgan fingerprint density at radius 1 is 0.481 bits per heavy atom. The lowest BCUT2D eigenvalue weighted by Gasteiger charge is -2.39. The van der Waals surface area contributed by atoms with Crippen molar-refractivity contribution >= 4 is 43.9 Å². The van der Waals surface area contributed by atoms with E-state index in [9.17, 15) is 0 Å². The highest BCUT2D eigenvalue weighted by atomic mass is 16.5. The van der Waals surface area contributed by atoms with Gasteiger partial charge in [-0.15, -0.1) is 0 Å². The molecule has 3 aromatic heterocycles. The molecule has 0 N–H and O–H groups in total. The monoisotopic (exact) mass is 665 g/mol. The van der Waals surface area contributed by atoms with E-state index in [1.807, 2.05) is 36.4 Å². The molecule has 4 heterocycles. The summed E-state index contributed by atoms with van der Waals surface area (Å²) in [4.78, 5) is 10.6. The van der Waals surface area contributed by atoms with E-state index in [4.69, 9.17) is 19.1 Å². The van der Waals surface area contributed by atoms with E-state index in [0.717, 1.165) is 72.2 Å². The van der Waals surface area contributed by atoms with Gasteiger partial charge in [-0.1, -0.05) is 127 Å². The van der Waals surface area contributed by atoms with Crippen molar-refractivity contribution in [3.8, 4) is 39.8 Å². The zero-order valence-corrected chi connectivity index (χ0v) is 27.7. The summed E-state index contributed by atoms with van der Waals surface area (Å²) in [7, 11) is 0. The number of fused-ring (bicyclic) bond motifs is 15. The SMILES string of the molecule is c1ccc(-c2nc(-n3c4ccccc4c4cc5c(cc43)Oc3ccccc3C53c4ccccc4-c4ccccc43)nc3c2oc2ccccc23)cc1. The minimum absolute atomic E-state index is 0.555. The smallest absolute Gasteiger partial charge is 0.236 e. The van der Waals surface area contributed by atoms with Crippen LogP contribution in [-0.4, -0.2) is 14.5 Å². The molecule has 0 saturated heterocycles. The van der Waals surface area contributed by atoms with E-state index < -0.39 is 5.41 Å². The van der Waals surface area contributed by atoms with Crippen molar-refractivity contribution < 1.29 is 9.15 Å². The van der Waals surface area contributed by atoms with Gasteiger partial charge in [0.15, 0.2) is 5.58 Å². The van der Waals surface area contributed by atoms with Gasteiger partial charge in [0.2, 0.25) is 5.95 Å². The highest BCUT2D eigenvalue weighted by Gasteiger charge is 2.51. The van der Waals surface area contributed by atoms with Crippen molar-refractivity contribution in [3.05, 3.63) is 186 Å². The Hall–Kier alpha value is -6.98. The third kappa shape index (κ3) is 3.47. The van der Waals surface area contributed by atoms with Gasteiger partial charge in [-0.2, -0.15) is 0 Å². The summed E-state index contributed by atoms with van der Waals surface area (Å²) in [6.07, 6.45) is 0. The van der Waals surface area contributed by atoms with E-state index in [2.05, 4.69) is 132 Å². The molecule has 1 spiro atoms. The van der Waals surface area contributed by atoms with Crippen molar-refractivity contribution in [2.24, 2.45) is 0 Å². The molecule has 2 aliphatic rings. The second kappa shape index (κ2) is 10.1. The molecule has 242 valence electrons. The van der Waals surface area contributed by atoms with Crippen LogP contribution in [0.4, 0.5) is 0 Å². The Morgan fingerprint density at radius 3 is 1.94 bits per heavy atom. The van der Waals surface area contributed by atoms with Gasteiger partial charge in [-0.05, 0) is 52.6 Å². The van der Waals surface area contributed by atoms with Gasteiger partial charge in [-0.3, -0.25) is 4.57 Å². The molecule has 5 nitrogen and oxygen atoms in total. The number of benzene rings is 7. The van der Waals surface area contributed by atoms with Crippen molar-refractivity contribution in [1.29, 1.82) is 0 Å². The fraction of sp³-hybridized carbons (Fsp3) is 0.0213. The molecule has 0 unspecified atom stereocenters. The highest BCUT2D eigenvalue weighted by molar-refractivity contribution is 6.11. The summed E-state index contributed by atoms with van der Waals surface area (Å²) >= 11 is 0. The van der Waals surface area contributed by atoms with Crippen LogP contribution >= 0.6 is 0 Å². The van der Waals surface area contributed by atoms with Gasteiger partial charge in [0.1, 0.15) is 28.3 Å². The maximum Gasteiger partial charge on any atom is 0.236 e. The molecule has 0 radical (unpaired) electrons. The topological polar surface area (TPSA) is 53.1 Å². The lowest BCUT2D eigenvalue weighted by atomic mass is 9.66. The Balaban J connectivity index is 1.21. The average molecular weight is 666 g/mol. The summed E-state index contributed by atoms with van der Waals surface area (Å²) in [6, 6.07) is 57.6. The fourth-order valence-corrected chi connectivity index (χ4v) is 9.00. The quantitative estimate of drug-likeness (QED) is 0.184. The Kier molecular flexibility index (Phi) is 5.37. The summed E-state index contributed by atoms with van der Waals surface area (Å²) in [6.45, 7) is 0. The van der Waals surface area contributed by atoms with Crippen molar-refractivity contribution in [2.75, 3.05) is 0 Å². The first-order chi connectivity index (χ1) is 25.8. The minimum atomic E-state index is -0.555. The normalized spacial score (nSPS) is 13.7. The van der Waals surface area contributed by atoms with Gasteiger partial charge < -0.3 is 9.15 Å². The van der Waals surface area contributed by atoms with Gasteiger partial charge in [0.05, 0.1) is 16.4 Å². The maximum atomic E-state index is 6.93. The van der Waals surface area contributed by atoms with Gasteiger partial charge in [0.25, 0.3) is 0 Å². The first kappa shape index (κ1) is 27.8. The standard InChI is InChI=1S/C47H27N3O2/c1-2-14-28(15-3-1)43-45-44(32-19-7-12-24-40(32)52-45)49-46(48-43)50-38-23-11-6-18-31(38)33-26-37-42(27-39(33)50)51-41-25-13-10-22-36(41)47(37)34-20-8-4-16-29(34)30-17-5-9-21-35(30)47/h1-27H. The zero-order chi connectivity index (χ0) is 34.0. The summed E-state index contributed by atoms with van der Waals surface area (Å²) in [5.41, 5.74) is 12.7. The molecule has 0 atom stereocenters. The summed E-state index contributed by atoms with van der Waals surface area (Å²) < 4.78 is 15.6. The first-order valence-electron chi connectivity index (χ1n) is 17.6. The highest BCUT2D eigenvalue weighted by Crippen LogP contribution is 2.62. The van der Waals surface area contributed by atoms with Crippen molar-refractivity contribution in [2.45, 2.75) is 5.41 Å². The molecule has 0 amide bonds. The molecule has 5 heteroatoms.